The van der Waals surface area contributed by atoms with Gasteiger partial charge in [-0.05, 0) is 56.9 Å². The summed E-state index contributed by atoms with van der Waals surface area (Å²) < 4.78 is 23.3. The van der Waals surface area contributed by atoms with Gasteiger partial charge in [0.1, 0.15) is 17.6 Å². The number of ether oxygens (including phenoxy) is 4. The molecule has 3 heterocycles. The van der Waals surface area contributed by atoms with Gasteiger partial charge in [-0.3, -0.25) is 24.0 Å². The molecular formula is C36H43NO10. The van der Waals surface area contributed by atoms with Crippen molar-refractivity contribution in [1.82, 2.24) is 5.32 Å². The second kappa shape index (κ2) is 14.1. The van der Waals surface area contributed by atoms with Gasteiger partial charge in [0.2, 0.25) is 5.78 Å². The zero-order valence-electron chi connectivity index (χ0n) is 28.1. The number of phenolic OH excluding ortho intramolecular Hbond substituents is 1. The number of ketones is 3. The highest BCUT2D eigenvalue weighted by Crippen LogP contribution is 2.47. The number of carbonyl (C=O) groups is 5. The quantitative estimate of drug-likeness (QED) is 0.396. The molecule has 1 aliphatic carbocycles. The van der Waals surface area contributed by atoms with Crippen molar-refractivity contribution in [3.8, 4) is 11.5 Å². The lowest BCUT2D eigenvalue weighted by atomic mass is 9.84. The predicted octanol–water partition coefficient (Wildman–Crippen LogP) is 5.44. The van der Waals surface area contributed by atoms with Gasteiger partial charge in [0.05, 0.1) is 34.8 Å². The van der Waals surface area contributed by atoms with Crippen LogP contribution in [0.2, 0.25) is 0 Å². The van der Waals surface area contributed by atoms with Crippen LogP contribution in [0.15, 0.2) is 47.9 Å². The second-order valence-electron chi connectivity index (χ2n) is 12.8. The Bertz CT molecular complexity index is 1620. The highest BCUT2D eigenvalue weighted by molar-refractivity contribution is 6.30. The molecule has 0 radical (unpaired) electrons. The first-order valence-corrected chi connectivity index (χ1v) is 15.7. The molecule has 0 saturated heterocycles. The van der Waals surface area contributed by atoms with E-state index in [4.69, 9.17) is 18.9 Å². The van der Waals surface area contributed by atoms with Crippen molar-refractivity contribution >= 4 is 29.2 Å². The van der Waals surface area contributed by atoms with Gasteiger partial charge in [0.15, 0.2) is 5.78 Å². The van der Waals surface area contributed by atoms with Crippen molar-refractivity contribution in [2.45, 2.75) is 85.7 Å². The van der Waals surface area contributed by atoms with Gasteiger partial charge >= 0.3 is 11.8 Å². The Labute approximate surface area is 274 Å². The molecule has 0 fully saturated rings. The largest absolute Gasteiger partial charge is 0.507 e. The van der Waals surface area contributed by atoms with E-state index in [9.17, 15) is 29.1 Å². The van der Waals surface area contributed by atoms with Crippen LogP contribution in [0.3, 0.4) is 0 Å². The Morgan fingerprint density at radius 2 is 1.77 bits per heavy atom. The van der Waals surface area contributed by atoms with Crippen molar-refractivity contribution in [1.29, 1.82) is 0 Å². The Hall–Kier alpha value is -4.51. The van der Waals surface area contributed by atoms with E-state index in [0.29, 0.717) is 12.8 Å². The molecule has 6 atom stereocenters. The number of fused-ring (bicyclic) bond motifs is 14. The van der Waals surface area contributed by atoms with Gasteiger partial charge in [-0.15, -0.1) is 0 Å². The van der Waals surface area contributed by atoms with Crippen LogP contribution in [0.1, 0.15) is 97.4 Å². The molecule has 5 rings (SSSR count). The summed E-state index contributed by atoms with van der Waals surface area (Å²) in [6, 6.07) is 0. The number of carbonyl (C=O) groups excluding carboxylic acids is 5. The minimum Gasteiger partial charge on any atom is -0.507 e. The van der Waals surface area contributed by atoms with Gasteiger partial charge in [-0.25, -0.2) is 0 Å². The number of nitrogens with one attached hydrogen (secondary N) is 1. The number of amides is 1. The van der Waals surface area contributed by atoms with Crippen LogP contribution in [-0.2, 0) is 23.8 Å². The molecule has 3 unspecified atom stereocenters. The number of hydrogen-bond donors (Lipinski definition) is 2. The monoisotopic (exact) mass is 649 g/mol. The average Bonchev–Trinajstić information content (AvgIpc) is 3.26. The van der Waals surface area contributed by atoms with Crippen LogP contribution in [-0.4, -0.2) is 59.4 Å². The first-order chi connectivity index (χ1) is 22.1. The van der Waals surface area contributed by atoms with Crippen LogP contribution < -0.4 is 10.1 Å². The first-order valence-electron chi connectivity index (χ1n) is 15.7. The second-order valence-corrected chi connectivity index (χ2v) is 12.8. The van der Waals surface area contributed by atoms with E-state index < -0.39 is 52.4 Å². The molecule has 252 valence electrons. The number of allylic oxidation sites excluding steroid dienone is 6. The molecule has 0 aromatic heterocycles. The third kappa shape index (κ3) is 7.25. The summed E-state index contributed by atoms with van der Waals surface area (Å²) in [5.41, 5.74) is -0.870. The summed E-state index contributed by atoms with van der Waals surface area (Å²) in [4.78, 5) is 65.8. The molecule has 1 amide bonds. The summed E-state index contributed by atoms with van der Waals surface area (Å²) in [6.45, 7) is 11.8. The Kier molecular flexibility index (Phi) is 10.6. The molecule has 11 heteroatoms. The number of rotatable bonds is 2. The molecule has 5 bridgehead atoms. The summed E-state index contributed by atoms with van der Waals surface area (Å²) in [6.07, 6.45) is 10.1. The summed E-state index contributed by atoms with van der Waals surface area (Å²) in [5.74, 6) is -5.71. The fourth-order valence-corrected chi connectivity index (χ4v) is 6.28. The van der Waals surface area contributed by atoms with Gasteiger partial charge in [-0.1, -0.05) is 39.0 Å². The van der Waals surface area contributed by atoms with Gasteiger partial charge in [0.25, 0.3) is 11.7 Å². The maximum atomic E-state index is 13.8. The molecule has 1 aromatic carbocycles. The van der Waals surface area contributed by atoms with Crippen LogP contribution in [0, 0.1) is 24.7 Å². The molecule has 47 heavy (non-hydrogen) atoms. The Balaban J connectivity index is 1.76. The number of hydrogen-bond acceptors (Lipinski definition) is 10. The van der Waals surface area contributed by atoms with Crippen LogP contribution in [0.5, 0.6) is 11.5 Å². The van der Waals surface area contributed by atoms with Gasteiger partial charge in [-0.2, -0.15) is 0 Å². The number of phenols is 1. The smallest absolute Gasteiger partial charge is 0.312 e. The number of methoxy groups -OCH3 is 1. The minimum atomic E-state index is -1.91. The fraction of sp³-hybridized carbons (Fsp3) is 0.472. The minimum absolute atomic E-state index is 0.0654. The first kappa shape index (κ1) is 35.3. The summed E-state index contributed by atoms with van der Waals surface area (Å²) >= 11 is 0. The van der Waals surface area contributed by atoms with E-state index in [1.807, 2.05) is 13.0 Å². The van der Waals surface area contributed by atoms with E-state index >= 15 is 0 Å². The number of esters is 1. The normalized spacial score (nSPS) is 31.1. The molecule has 2 N–H and O–H groups in total. The molecule has 4 aliphatic rings. The molecule has 1 aromatic rings. The molecule has 11 nitrogen and oxygen atoms in total. The lowest BCUT2D eigenvalue weighted by Crippen LogP contribution is -2.39. The van der Waals surface area contributed by atoms with Crippen LogP contribution >= 0.6 is 0 Å². The number of Topliss-reactive ketones (excluding diaryl/α,β-unsaturated/α-hetero) is 2. The average molecular weight is 650 g/mol. The molecular weight excluding hydrogens is 606 g/mol. The number of aromatic hydroxyl groups is 1. The van der Waals surface area contributed by atoms with E-state index in [2.05, 4.69) is 19.2 Å². The van der Waals surface area contributed by atoms with E-state index in [0.717, 1.165) is 12.5 Å². The van der Waals surface area contributed by atoms with E-state index in [-0.39, 0.29) is 57.6 Å². The predicted molar refractivity (Wildman–Crippen MR) is 172 cm³/mol. The van der Waals surface area contributed by atoms with Crippen LogP contribution in [0.25, 0.3) is 0 Å². The molecule has 0 spiro atoms. The van der Waals surface area contributed by atoms with Gasteiger partial charge in [0, 0.05) is 38.2 Å². The topological polar surface area (TPSA) is 155 Å². The van der Waals surface area contributed by atoms with Crippen molar-refractivity contribution in [2.75, 3.05) is 7.11 Å². The maximum Gasteiger partial charge on any atom is 0.312 e. The third-order valence-corrected chi connectivity index (χ3v) is 8.82. The summed E-state index contributed by atoms with van der Waals surface area (Å²) in [5, 5.41) is 13.5. The Morgan fingerprint density at radius 3 is 2.43 bits per heavy atom. The van der Waals surface area contributed by atoms with Gasteiger partial charge < -0.3 is 29.4 Å². The Morgan fingerprint density at radius 1 is 1.06 bits per heavy atom. The van der Waals surface area contributed by atoms with Crippen molar-refractivity contribution in [3.05, 3.63) is 70.2 Å². The third-order valence-electron chi connectivity index (χ3n) is 8.82. The fourth-order valence-electron chi connectivity index (χ4n) is 6.28. The van der Waals surface area contributed by atoms with Crippen molar-refractivity contribution in [3.63, 3.8) is 0 Å². The van der Waals surface area contributed by atoms with Crippen LogP contribution in [0.4, 0.5) is 0 Å². The highest BCUT2D eigenvalue weighted by atomic mass is 16.7. The standard InChI is InChI=1S/C36H43NO10/c1-18-11-9-12-21(4)35(43)37-24-17-25(39)27-28(31(24)41)30(40)22(5)33-29(27)34(42)36(7,47-33)45-14-10-13-20(3)32(46-23(6)38)26(44-8)16-19(2)15-18/h9-12,14,17-20,26,32,40H,13,15-16H2,1-8H3,(H,37,43)/b11-9+,14-10+,21-12-/t18?,19-,20-,26?,32?,36+/m1/s1. The molecule has 0 saturated carbocycles. The molecule has 3 aliphatic heterocycles. The lowest BCUT2D eigenvalue weighted by molar-refractivity contribution is -0.159. The summed E-state index contributed by atoms with van der Waals surface area (Å²) in [7, 11) is 1.59. The zero-order chi connectivity index (χ0) is 34.8. The highest BCUT2D eigenvalue weighted by Gasteiger charge is 2.51. The van der Waals surface area contributed by atoms with E-state index in [1.54, 1.807) is 32.3 Å². The SMILES string of the molecule is COC1C[C@H](C)CC(C)/C=C/C=C(/C)C(=O)NC2=CC(=O)c3c(c(O)c(C)c4c3C(=O)[C@@](C)(O/C=C/C[C@@H](C)C1OC(C)=O)O4)C2=O. The van der Waals surface area contributed by atoms with Crippen molar-refractivity contribution < 1.29 is 48.0 Å². The lowest BCUT2D eigenvalue weighted by Gasteiger charge is -2.32. The maximum absolute atomic E-state index is 13.8. The van der Waals surface area contributed by atoms with E-state index in [1.165, 1.54) is 27.0 Å². The van der Waals surface area contributed by atoms with Crippen molar-refractivity contribution in [2.24, 2.45) is 17.8 Å². The zero-order valence-corrected chi connectivity index (χ0v) is 28.1. The number of benzene rings is 1.